The molecule has 2 aromatic rings. The highest BCUT2D eigenvalue weighted by Gasteiger charge is 2.39. The van der Waals surface area contributed by atoms with E-state index in [1.54, 1.807) is 12.1 Å². The second kappa shape index (κ2) is 21.0. The SMILES string of the molecule is Cc1ccc(S(=O)(=O)NC(N)=NCCC[C@@H]2NC(=O)[C@H](C)NC(=O)[C@H](CCCCNC(=O)OCc3ccccc3)NC(=O)[C@H](C)NC(=O)[C@@H]3CCCN3C2=O)cc1. The summed E-state index contributed by atoms with van der Waals surface area (Å²) < 4.78 is 32.8. The molecule has 0 aromatic heterocycles. The summed E-state index contributed by atoms with van der Waals surface area (Å²) >= 11 is 0. The van der Waals surface area contributed by atoms with Gasteiger partial charge in [0.15, 0.2) is 0 Å². The van der Waals surface area contributed by atoms with E-state index >= 15 is 0 Å². The summed E-state index contributed by atoms with van der Waals surface area (Å²) in [4.78, 5) is 85.1. The smallest absolute Gasteiger partial charge is 0.407 e. The minimum Gasteiger partial charge on any atom is -0.445 e. The number of alkyl carbamates (subject to hydrolysis) is 1. The van der Waals surface area contributed by atoms with Gasteiger partial charge in [-0.2, -0.15) is 0 Å². The van der Waals surface area contributed by atoms with Crippen molar-refractivity contribution in [2.75, 3.05) is 19.6 Å². The monoisotopic (exact) mass is 811 g/mol. The first-order chi connectivity index (χ1) is 27.1. The average Bonchev–Trinajstić information content (AvgIpc) is 3.67. The maximum absolute atomic E-state index is 13.9. The Bertz CT molecular complexity index is 1880. The fourth-order valence-electron chi connectivity index (χ4n) is 6.26. The molecule has 19 heteroatoms. The number of ether oxygens (including phenoxy) is 1. The van der Waals surface area contributed by atoms with Gasteiger partial charge in [0.25, 0.3) is 10.0 Å². The van der Waals surface area contributed by atoms with Crippen molar-refractivity contribution < 1.29 is 41.9 Å². The molecule has 2 aliphatic heterocycles. The van der Waals surface area contributed by atoms with Gasteiger partial charge in [0, 0.05) is 19.6 Å². The number of sulfonamides is 1. The number of aliphatic imine (C=N–C) groups is 1. The number of aryl methyl sites for hydroxylation is 1. The average molecular weight is 812 g/mol. The van der Waals surface area contributed by atoms with E-state index in [1.165, 1.54) is 30.9 Å². The summed E-state index contributed by atoms with van der Waals surface area (Å²) in [5.74, 6) is -3.41. The van der Waals surface area contributed by atoms with E-state index in [0.717, 1.165) is 11.1 Å². The number of carbonyl (C=O) groups is 6. The third-order valence-corrected chi connectivity index (χ3v) is 10.9. The molecule has 310 valence electrons. The van der Waals surface area contributed by atoms with Crippen molar-refractivity contribution in [3.05, 3.63) is 65.7 Å². The number of hydrogen-bond acceptors (Lipinski definition) is 10. The van der Waals surface area contributed by atoms with E-state index in [-0.39, 0.29) is 56.4 Å². The Morgan fingerprint density at radius 3 is 2.16 bits per heavy atom. The Morgan fingerprint density at radius 2 is 1.47 bits per heavy atom. The van der Waals surface area contributed by atoms with Gasteiger partial charge in [0.1, 0.15) is 36.8 Å². The van der Waals surface area contributed by atoms with Crippen LogP contribution in [-0.4, -0.2) is 105 Å². The zero-order valence-corrected chi connectivity index (χ0v) is 33.2. The molecule has 8 N–H and O–H groups in total. The number of unbranched alkanes of at least 4 members (excludes halogenated alkanes) is 1. The van der Waals surface area contributed by atoms with Crippen molar-refractivity contribution in [1.82, 2.24) is 36.2 Å². The zero-order valence-electron chi connectivity index (χ0n) is 32.4. The predicted molar refractivity (Wildman–Crippen MR) is 210 cm³/mol. The van der Waals surface area contributed by atoms with Gasteiger partial charge in [-0.1, -0.05) is 48.0 Å². The molecule has 4 rings (SSSR count). The topological polar surface area (TPSA) is 260 Å². The molecule has 0 saturated carbocycles. The van der Waals surface area contributed by atoms with E-state index in [2.05, 4.69) is 36.3 Å². The summed E-state index contributed by atoms with van der Waals surface area (Å²) in [6.07, 6.45) is 1.47. The van der Waals surface area contributed by atoms with Gasteiger partial charge >= 0.3 is 6.09 Å². The first-order valence-electron chi connectivity index (χ1n) is 19.0. The Labute approximate surface area is 332 Å². The van der Waals surface area contributed by atoms with Gasteiger partial charge in [-0.3, -0.25) is 29.0 Å². The predicted octanol–water partition coefficient (Wildman–Crippen LogP) is 0.449. The van der Waals surface area contributed by atoms with Crippen molar-refractivity contribution >= 4 is 51.6 Å². The van der Waals surface area contributed by atoms with Gasteiger partial charge in [-0.25, -0.2) is 17.9 Å². The molecule has 0 unspecified atom stereocenters. The van der Waals surface area contributed by atoms with E-state index in [9.17, 15) is 37.2 Å². The first kappa shape index (κ1) is 44.0. The highest BCUT2D eigenvalue weighted by Crippen LogP contribution is 2.20. The Morgan fingerprint density at radius 1 is 0.842 bits per heavy atom. The number of fused-ring (bicyclic) bond motifs is 1. The van der Waals surface area contributed by atoms with Crippen molar-refractivity contribution in [3.63, 3.8) is 0 Å². The molecule has 2 aliphatic rings. The van der Waals surface area contributed by atoms with Crippen LogP contribution in [0.15, 0.2) is 64.5 Å². The van der Waals surface area contributed by atoms with Crippen molar-refractivity contribution in [1.29, 1.82) is 0 Å². The third kappa shape index (κ3) is 13.5. The van der Waals surface area contributed by atoms with Gasteiger partial charge in [0.2, 0.25) is 35.5 Å². The number of carbonyl (C=O) groups excluding carboxylic acids is 6. The lowest BCUT2D eigenvalue weighted by molar-refractivity contribution is -0.142. The highest BCUT2D eigenvalue weighted by molar-refractivity contribution is 7.90. The summed E-state index contributed by atoms with van der Waals surface area (Å²) in [7, 11) is -3.98. The van der Waals surface area contributed by atoms with Crippen molar-refractivity contribution in [2.45, 2.75) is 107 Å². The molecule has 2 saturated heterocycles. The van der Waals surface area contributed by atoms with E-state index in [0.29, 0.717) is 25.7 Å². The minimum absolute atomic E-state index is 0.00449. The van der Waals surface area contributed by atoms with Gasteiger partial charge in [-0.05, 0) is 83.4 Å². The summed E-state index contributed by atoms with van der Waals surface area (Å²) in [6.45, 7) is 5.32. The number of guanidine groups is 1. The number of nitrogens with two attached hydrogens (primary N) is 1. The van der Waals surface area contributed by atoms with Crippen molar-refractivity contribution in [2.24, 2.45) is 10.7 Å². The maximum atomic E-state index is 13.9. The molecule has 2 aromatic carbocycles. The van der Waals surface area contributed by atoms with Crippen LogP contribution in [-0.2, 0) is 45.3 Å². The Hall–Kier alpha value is -5.72. The molecule has 0 bridgehead atoms. The van der Waals surface area contributed by atoms with Crippen LogP contribution in [0.4, 0.5) is 4.79 Å². The molecule has 5 atom stereocenters. The van der Waals surface area contributed by atoms with Crippen LogP contribution < -0.4 is 37.0 Å². The van der Waals surface area contributed by atoms with Gasteiger partial charge < -0.3 is 42.0 Å². The quantitative estimate of drug-likeness (QED) is 0.0835. The molecule has 2 fully saturated rings. The van der Waals surface area contributed by atoms with E-state index < -0.39 is 75.9 Å². The molecular formula is C38H53N9O9S. The van der Waals surface area contributed by atoms with Crippen LogP contribution in [0, 0.1) is 6.92 Å². The number of nitrogens with zero attached hydrogens (tertiary/aromatic N) is 2. The highest BCUT2D eigenvalue weighted by atomic mass is 32.2. The second-order valence-electron chi connectivity index (χ2n) is 14.1. The van der Waals surface area contributed by atoms with Crippen LogP contribution in [0.25, 0.3) is 0 Å². The van der Waals surface area contributed by atoms with E-state index in [4.69, 9.17) is 10.5 Å². The van der Waals surface area contributed by atoms with Crippen LogP contribution in [0.5, 0.6) is 0 Å². The number of rotatable bonds is 13. The van der Waals surface area contributed by atoms with E-state index in [1.807, 2.05) is 37.3 Å². The minimum atomic E-state index is -3.98. The summed E-state index contributed by atoms with van der Waals surface area (Å²) in [5.41, 5.74) is 7.59. The fourth-order valence-corrected chi connectivity index (χ4v) is 7.21. The van der Waals surface area contributed by atoms with Crippen molar-refractivity contribution in [3.8, 4) is 0 Å². The van der Waals surface area contributed by atoms with Crippen LogP contribution in [0.3, 0.4) is 0 Å². The molecule has 6 amide bonds. The van der Waals surface area contributed by atoms with Gasteiger partial charge in [-0.15, -0.1) is 0 Å². The van der Waals surface area contributed by atoms with Crippen LogP contribution in [0.2, 0.25) is 0 Å². The molecule has 0 aliphatic carbocycles. The molecule has 2 heterocycles. The molecule has 57 heavy (non-hydrogen) atoms. The Balaban J connectivity index is 1.39. The molecule has 0 spiro atoms. The number of nitrogens with one attached hydrogen (secondary N) is 6. The third-order valence-electron chi connectivity index (χ3n) is 9.50. The van der Waals surface area contributed by atoms with Crippen LogP contribution >= 0.6 is 0 Å². The zero-order chi connectivity index (χ0) is 41.5. The lowest BCUT2D eigenvalue weighted by Crippen LogP contribution is -2.56. The lowest BCUT2D eigenvalue weighted by atomic mass is 10.1. The second-order valence-corrected chi connectivity index (χ2v) is 15.8. The number of amides is 6. The first-order valence-corrected chi connectivity index (χ1v) is 20.5. The fraction of sp³-hybridized carbons (Fsp3) is 0.500. The Kier molecular flexibility index (Phi) is 16.2. The molecule has 0 radical (unpaired) electrons. The molecule has 18 nitrogen and oxygen atoms in total. The maximum Gasteiger partial charge on any atom is 0.407 e. The molecular weight excluding hydrogens is 759 g/mol. The summed E-state index contributed by atoms with van der Waals surface area (Å²) in [6, 6.07) is 10.1. The standard InChI is InChI=1S/C38H53N9O9S/c1-24-16-18-28(19-17-24)57(54,55)46-37(39)40-21-9-14-30-36(52)47-22-10-15-31(47)35(51)43-26(3)32(48)44-29(34(50)42-25(2)33(49)45-30)13-7-8-20-41-38(53)56-23-27-11-5-4-6-12-27/h4-6,11-12,16-19,25-26,29-31H,7-10,13-15,20-23H2,1-3H3,(H,41,53)(H,42,50)(H,43,51)(H,44,48)(H,45,49)(H3,39,40,46)/t25-,26-,29-,30-,31-/m0/s1. The largest absolute Gasteiger partial charge is 0.445 e. The summed E-state index contributed by atoms with van der Waals surface area (Å²) in [5, 5.41) is 13.3. The normalized spacial score (nSPS) is 22.5. The van der Waals surface area contributed by atoms with Crippen LogP contribution in [0.1, 0.15) is 69.9 Å². The lowest BCUT2D eigenvalue weighted by Gasteiger charge is -2.29. The number of benzene rings is 2. The van der Waals surface area contributed by atoms with Gasteiger partial charge in [0.05, 0.1) is 4.90 Å². The number of hydrogen-bond donors (Lipinski definition) is 7.